The molecule has 0 atom stereocenters. The zero-order chi connectivity index (χ0) is 25.1. The molecule has 3 aromatic heterocycles. The predicted molar refractivity (Wildman–Crippen MR) is 131 cm³/mol. The molecular weight excluding hydrogens is 503 g/mol. The molecule has 1 aliphatic heterocycles. The van der Waals surface area contributed by atoms with Gasteiger partial charge in [0.25, 0.3) is 0 Å². The van der Waals surface area contributed by atoms with Gasteiger partial charge in [0, 0.05) is 41.5 Å². The molecule has 11 heteroatoms. The van der Waals surface area contributed by atoms with Gasteiger partial charge >= 0.3 is 29.6 Å². The third-order valence-electron chi connectivity index (χ3n) is 5.76. The van der Waals surface area contributed by atoms with Gasteiger partial charge in [-0.25, -0.2) is 4.98 Å². The number of anilines is 1. The number of carboxylic acids is 1. The Morgan fingerprint density at radius 1 is 1.22 bits per heavy atom. The largest absolute Gasteiger partial charge is 1.00 e. The van der Waals surface area contributed by atoms with E-state index in [1.165, 1.54) is 6.07 Å². The Balaban J connectivity index is 0.00000320. The standard InChI is InChI=1S/C26H22N4O5S.Na/c1-16-10-23(35-29-16)20-12-22(18-2-4-19(5-3-18)30-6-8-33-9-7-30)28-25(21(20)13-27)34-14-17-11-24(26(31)32)36-15-17;/h2-5,10-12,15H,6-9,14H2,1H3,(H,31,32);/q;+1/p-1. The van der Waals surface area contributed by atoms with Crippen molar-refractivity contribution in [1.82, 2.24) is 10.1 Å². The molecule has 37 heavy (non-hydrogen) atoms. The Morgan fingerprint density at radius 2 is 1.97 bits per heavy atom. The van der Waals surface area contributed by atoms with Crippen molar-refractivity contribution in [2.45, 2.75) is 13.5 Å². The Kier molecular flexibility index (Phi) is 8.63. The van der Waals surface area contributed by atoms with Crippen LogP contribution in [0.3, 0.4) is 0 Å². The Bertz CT molecular complexity index is 1440. The number of nitrogens with zero attached hydrogens (tertiary/aromatic N) is 4. The maximum atomic E-state index is 11.1. The smallest absolute Gasteiger partial charge is 0.544 e. The predicted octanol–water partition coefficient (Wildman–Crippen LogP) is 0.428. The number of carbonyl (C=O) groups excluding carboxylic acids is 1. The maximum Gasteiger partial charge on any atom is 1.00 e. The van der Waals surface area contributed by atoms with Crippen LogP contribution in [-0.4, -0.2) is 42.4 Å². The number of aromatic carboxylic acids is 1. The molecule has 9 nitrogen and oxygen atoms in total. The molecule has 0 amide bonds. The molecule has 1 aliphatic rings. The number of carboxylic acid groups (broad SMARTS) is 1. The number of benzene rings is 1. The van der Waals surface area contributed by atoms with Gasteiger partial charge in [-0.05, 0) is 36.6 Å². The van der Waals surface area contributed by atoms with E-state index in [0.717, 1.165) is 35.7 Å². The fourth-order valence-corrected chi connectivity index (χ4v) is 4.67. The summed E-state index contributed by atoms with van der Waals surface area (Å²) in [6.07, 6.45) is 0. The number of carbonyl (C=O) groups is 1. The van der Waals surface area contributed by atoms with E-state index in [2.05, 4.69) is 21.1 Å². The average molecular weight is 525 g/mol. The minimum absolute atomic E-state index is 0. The first-order valence-corrected chi connectivity index (χ1v) is 12.1. The SMILES string of the molecule is Cc1cc(-c2cc(-c3ccc(N4CCOCC4)cc3)nc(OCc3csc(C(=O)[O-])c3)c2C#N)on1.[Na+]. The van der Waals surface area contributed by atoms with Gasteiger partial charge in [-0.2, -0.15) is 5.26 Å². The summed E-state index contributed by atoms with van der Waals surface area (Å²) in [5.74, 6) is -0.692. The number of aromatic nitrogens is 2. The summed E-state index contributed by atoms with van der Waals surface area (Å²) in [7, 11) is 0. The number of morpholine rings is 1. The van der Waals surface area contributed by atoms with E-state index in [-0.39, 0.29) is 52.5 Å². The van der Waals surface area contributed by atoms with Crippen LogP contribution in [0.4, 0.5) is 5.69 Å². The fourth-order valence-electron chi connectivity index (χ4n) is 3.94. The summed E-state index contributed by atoms with van der Waals surface area (Å²) in [4.78, 5) is 18.1. The molecule has 0 spiro atoms. The fraction of sp³-hybridized carbons (Fsp3) is 0.231. The molecule has 1 aromatic carbocycles. The van der Waals surface area contributed by atoms with Gasteiger partial charge in [0.15, 0.2) is 5.76 Å². The van der Waals surface area contributed by atoms with Crippen molar-refractivity contribution in [3.63, 3.8) is 0 Å². The Morgan fingerprint density at radius 3 is 2.59 bits per heavy atom. The first-order chi connectivity index (χ1) is 17.5. The number of rotatable bonds is 7. The van der Waals surface area contributed by atoms with Crippen molar-refractivity contribution in [2.75, 3.05) is 31.2 Å². The number of ether oxygens (including phenoxy) is 2. The van der Waals surface area contributed by atoms with Crippen molar-refractivity contribution in [2.24, 2.45) is 0 Å². The second-order valence-corrected chi connectivity index (χ2v) is 9.13. The van der Waals surface area contributed by atoms with E-state index in [0.29, 0.717) is 41.5 Å². The van der Waals surface area contributed by atoms with Crippen molar-refractivity contribution in [1.29, 1.82) is 5.26 Å². The molecule has 0 saturated carbocycles. The van der Waals surface area contributed by atoms with Crippen LogP contribution in [0.25, 0.3) is 22.6 Å². The third-order valence-corrected chi connectivity index (χ3v) is 6.72. The molecule has 0 aliphatic carbocycles. The van der Waals surface area contributed by atoms with Gasteiger partial charge in [0.1, 0.15) is 18.2 Å². The van der Waals surface area contributed by atoms with Crippen molar-refractivity contribution < 1.29 is 53.5 Å². The van der Waals surface area contributed by atoms with Crippen LogP contribution < -0.4 is 44.3 Å². The van der Waals surface area contributed by atoms with Crippen LogP contribution in [0, 0.1) is 18.3 Å². The van der Waals surface area contributed by atoms with E-state index in [4.69, 9.17) is 14.0 Å². The minimum Gasteiger partial charge on any atom is -0.544 e. The molecule has 4 heterocycles. The van der Waals surface area contributed by atoms with Crippen LogP contribution in [-0.2, 0) is 11.3 Å². The molecule has 0 radical (unpaired) electrons. The van der Waals surface area contributed by atoms with Crippen LogP contribution in [0.15, 0.2) is 52.4 Å². The van der Waals surface area contributed by atoms with Crippen LogP contribution in [0.5, 0.6) is 5.88 Å². The summed E-state index contributed by atoms with van der Waals surface area (Å²) in [5, 5.41) is 26.7. The average Bonchev–Trinajstić information content (AvgIpc) is 3.57. The quantitative estimate of drug-likeness (QED) is 0.317. The summed E-state index contributed by atoms with van der Waals surface area (Å²) in [6.45, 7) is 4.92. The number of thiophene rings is 1. The molecule has 182 valence electrons. The molecule has 0 bridgehead atoms. The molecular formula is C26H21N4NaO5S. The summed E-state index contributed by atoms with van der Waals surface area (Å²) in [5.41, 5.74) is 4.57. The van der Waals surface area contributed by atoms with Gasteiger partial charge in [-0.3, -0.25) is 0 Å². The number of hydrogen-bond acceptors (Lipinski definition) is 10. The third kappa shape index (κ3) is 6.04. The second kappa shape index (κ2) is 11.9. The molecule has 4 aromatic rings. The molecule has 1 fully saturated rings. The van der Waals surface area contributed by atoms with Crippen LogP contribution in [0.1, 0.15) is 26.5 Å². The first kappa shape index (κ1) is 26.9. The van der Waals surface area contributed by atoms with E-state index in [9.17, 15) is 15.2 Å². The number of pyridine rings is 1. The van der Waals surface area contributed by atoms with Gasteiger partial charge in [-0.1, -0.05) is 17.3 Å². The van der Waals surface area contributed by atoms with Crippen LogP contribution >= 0.6 is 11.3 Å². The van der Waals surface area contributed by atoms with Gasteiger partial charge < -0.3 is 28.8 Å². The first-order valence-electron chi connectivity index (χ1n) is 11.3. The number of aryl methyl sites for hydroxylation is 1. The normalized spacial score (nSPS) is 13.0. The van der Waals surface area contributed by atoms with Crippen molar-refractivity contribution in [3.8, 4) is 34.5 Å². The number of hydrogen-bond donors (Lipinski definition) is 0. The molecule has 5 rings (SSSR count). The van der Waals surface area contributed by atoms with Gasteiger partial charge in [0.05, 0.1) is 35.4 Å². The molecule has 0 N–H and O–H groups in total. The van der Waals surface area contributed by atoms with Crippen molar-refractivity contribution >= 4 is 23.0 Å². The van der Waals surface area contributed by atoms with E-state index >= 15 is 0 Å². The van der Waals surface area contributed by atoms with Gasteiger partial charge in [-0.15, -0.1) is 11.3 Å². The minimum atomic E-state index is -1.24. The van der Waals surface area contributed by atoms with Crippen LogP contribution in [0.2, 0.25) is 0 Å². The van der Waals surface area contributed by atoms with Crippen molar-refractivity contribution in [3.05, 3.63) is 69.5 Å². The van der Waals surface area contributed by atoms with E-state index in [1.807, 2.05) is 24.3 Å². The summed E-state index contributed by atoms with van der Waals surface area (Å²) >= 11 is 1.06. The Hall–Kier alpha value is -3.20. The van der Waals surface area contributed by atoms with E-state index < -0.39 is 5.97 Å². The zero-order valence-corrected chi connectivity index (χ0v) is 23.2. The topological polar surface area (TPSA) is 125 Å². The second-order valence-electron chi connectivity index (χ2n) is 8.22. The van der Waals surface area contributed by atoms with E-state index in [1.54, 1.807) is 24.4 Å². The zero-order valence-electron chi connectivity index (χ0n) is 20.4. The number of nitriles is 1. The molecule has 1 saturated heterocycles. The van der Waals surface area contributed by atoms with Gasteiger partial charge in [0.2, 0.25) is 5.88 Å². The monoisotopic (exact) mass is 524 g/mol. The summed E-state index contributed by atoms with van der Waals surface area (Å²) in [6, 6.07) is 15.2. The Labute approximate surface area is 239 Å². The maximum absolute atomic E-state index is 11.1. The molecule has 0 unspecified atom stereocenters. The summed E-state index contributed by atoms with van der Waals surface area (Å²) < 4.78 is 16.8.